The first-order valence-electron chi connectivity index (χ1n) is 6.77. The van der Waals surface area contributed by atoms with E-state index in [1.165, 1.54) is 13.0 Å². The van der Waals surface area contributed by atoms with E-state index in [-0.39, 0.29) is 0 Å². The molecule has 1 aromatic heterocycles. The predicted octanol–water partition coefficient (Wildman–Crippen LogP) is -0.328. The van der Waals surface area contributed by atoms with Crippen molar-refractivity contribution in [3.05, 3.63) is 12.2 Å². The van der Waals surface area contributed by atoms with E-state index < -0.39 is 0 Å². The molecular formula is C12H24N6. The molecule has 6 nitrogen and oxygen atoms in total. The van der Waals surface area contributed by atoms with Gasteiger partial charge in [0.25, 0.3) is 0 Å². The van der Waals surface area contributed by atoms with E-state index >= 15 is 0 Å². The van der Waals surface area contributed by atoms with Crippen molar-refractivity contribution in [3.8, 4) is 0 Å². The molecule has 0 aliphatic carbocycles. The van der Waals surface area contributed by atoms with Crippen LogP contribution in [0.4, 0.5) is 0 Å². The zero-order chi connectivity index (χ0) is 12.8. The fraction of sp³-hybridized carbons (Fsp3) is 0.833. The Bertz CT molecular complexity index is 350. The molecule has 2 rings (SSSR count). The van der Waals surface area contributed by atoms with E-state index in [9.17, 15) is 0 Å². The molecule has 2 heterocycles. The van der Waals surface area contributed by atoms with Crippen LogP contribution < -0.4 is 5.73 Å². The summed E-state index contributed by atoms with van der Waals surface area (Å²) in [4.78, 5) is 9.27. The summed E-state index contributed by atoms with van der Waals surface area (Å²) in [5, 5.41) is 4.12. The predicted molar refractivity (Wildman–Crippen MR) is 71.0 cm³/mol. The van der Waals surface area contributed by atoms with Gasteiger partial charge in [0.1, 0.15) is 12.2 Å². The molecule has 0 radical (unpaired) electrons. The van der Waals surface area contributed by atoms with Crippen molar-refractivity contribution in [1.29, 1.82) is 0 Å². The third-order valence-corrected chi connectivity index (χ3v) is 3.53. The van der Waals surface area contributed by atoms with E-state index in [0.29, 0.717) is 0 Å². The van der Waals surface area contributed by atoms with Gasteiger partial charge in [0, 0.05) is 20.1 Å². The summed E-state index contributed by atoms with van der Waals surface area (Å²) in [7, 11) is 1.95. The molecule has 102 valence electrons. The van der Waals surface area contributed by atoms with E-state index in [0.717, 1.165) is 51.5 Å². The SMILES string of the molecule is Cn1ncnc1CN1CCCN(CCCN)CC1. The van der Waals surface area contributed by atoms with Gasteiger partial charge in [-0.15, -0.1) is 0 Å². The second kappa shape index (κ2) is 6.82. The molecule has 1 aliphatic heterocycles. The standard InChI is InChI=1S/C12H24N6/c1-16-12(14-11-15-16)10-18-7-3-6-17(8-9-18)5-2-4-13/h11H,2-10,13H2,1H3. The lowest BCUT2D eigenvalue weighted by atomic mass is 10.3. The normalized spacial score (nSPS) is 19.0. The minimum absolute atomic E-state index is 0.791. The van der Waals surface area contributed by atoms with Crippen LogP contribution in [0, 0.1) is 0 Å². The second-order valence-electron chi connectivity index (χ2n) is 4.91. The van der Waals surface area contributed by atoms with Crippen LogP contribution in [-0.2, 0) is 13.6 Å². The molecule has 1 aliphatic rings. The average molecular weight is 252 g/mol. The van der Waals surface area contributed by atoms with Gasteiger partial charge in [0.05, 0.1) is 6.54 Å². The molecule has 0 bridgehead atoms. The molecule has 6 heteroatoms. The first-order valence-corrected chi connectivity index (χ1v) is 6.77. The number of hydrogen-bond donors (Lipinski definition) is 1. The number of hydrogen-bond acceptors (Lipinski definition) is 5. The van der Waals surface area contributed by atoms with Crippen LogP contribution in [0.5, 0.6) is 0 Å². The van der Waals surface area contributed by atoms with E-state index in [4.69, 9.17) is 5.73 Å². The summed E-state index contributed by atoms with van der Waals surface area (Å²) in [6.07, 6.45) is 3.95. The molecule has 0 amide bonds. The second-order valence-corrected chi connectivity index (χ2v) is 4.91. The molecule has 1 saturated heterocycles. The van der Waals surface area contributed by atoms with Crippen LogP contribution in [0.25, 0.3) is 0 Å². The fourth-order valence-corrected chi connectivity index (χ4v) is 2.38. The molecule has 1 aromatic rings. The molecular weight excluding hydrogens is 228 g/mol. The highest BCUT2D eigenvalue weighted by atomic mass is 15.3. The average Bonchev–Trinajstić information content (AvgIpc) is 2.64. The Hall–Kier alpha value is -0.980. The summed E-state index contributed by atoms with van der Waals surface area (Å²) in [6.45, 7) is 7.41. The van der Waals surface area contributed by atoms with Crippen molar-refractivity contribution in [2.45, 2.75) is 19.4 Å². The summed E-state index contributed by atoms with van der Waals surface area (Å²) in [5.41, 5.74) is 5.56. The fourth-order valence-electron chi connectivity index (χ4n) is 2.38. The van der Waals surface area contributed by atoms with Crippen molar-refractivity contribution >= 4 is 0 Å². The molecule has 0 atom stereocenters. The van der Waals surface area contributed by atoms with Gasteiger partial charge in [-0.2, -0.15) is 5.10 Å². The first kappa shape index (κ1) is 13.5. The largest absolute Gasteiger partial charge is 0.330 e. The molecule has 0 unspecified atom stereocenters. The summed E-state index contributed by atoms with van der Waals surface area (Å²) < 4.78 is 1.86. The van der Waals surface area contributed by atoms with Crippen molar-refractivity contribution in [2.24, 2.45) is 12.8 Å². The highest BCUT2D eigenvalue weighted by Crippen LogP contribution is 2.07. The Morgan fingerprint density at radius 3 is 2.72 bits per heavy atom. The van der Waals surface area contributed by atoms with Crippen molar-refractivity contribution < 1.29 is 0 Å². The number of nitrogens with two attached hydrogens (primary N) is 1. The number of aryl methyl sites for hydroxylation is 1. The molecule has 1 fully saturated rings. The van der Waals surface area contributed by atoms with E-state index in [1.54, 1.807) is 6.33 Å². The van der Waals surface area contributed by atoms with Gasteiger partial charge in [0.15, 0.2) is 0 Å². The van der Waals surface area contributed by atoms with Gasteiger partial charge in [0.2, 0.25) is 0 Å². The third kappa shape index (κ3) is 3.76. The zero-order valence-corrected chi connectivity index (χ0v) is 11.3. The highest BCUT2D eigenvalue weighted by Gasteiger charge is 2.15. The van der Waals surface area contributed by atoms with Gasteiger partial charge in [-0.3, -0.25) is 9.58 Å². The Morgan fingerprint density at radius 1 is 1.22 bits per heavy atom. The third-order valence-electron chi connectivity index (χ3n) is 3.53. The Kier molecular flexibility index (Phi) is 5.10. The van der Waals surface area contributed by atoms with Crippen LogP contribution in [0.15, 0.2) is 6.33 Å². The van der Waals surface area contributed by atoms with Crippen LogP contribution in [0.3, 0.4) is 0 Å². The number of aromatic nitrogens is 3. The number of nitrogens with zero attached hydrogens (tertiary/aromatic N) is 5. The van der Waals surface area contributed by atoms with Gasteiger partial charge in [-0.05, 0) is 39.0 Å². The quantitative estimate of drug-likeness (QED) is 0.777. The maximum atomic E-state index is 5.56. The van der Waals surface area contributed by atoms with Gasteiger partial charge < -0.3 is 10.6 Å². The molecule has 2 N–H and O–H groups in total. The topological polar surface area (TPSA) is 63.2 Å². The maximum absolute atomic E-state index is 5.56. The minimum Gasteiger partial charge on any atom is -0.330 e. The summed E-state index contributed by atoms with van der Waals surface area (Å²) in [5.74, 6) is 1.05. The maximum Gasteiger partial charge on any atom is 0.140 e. The summed E-state index contributed by atoms with van der Waals surface area (Å²) >= 11 is 0. The smallest absolute Gasteiger partial charge is 0.140 e. The van der Waals surface area contributed by atoms with Crippen molar-refractivity contribution in [3.63, 3.8) is 0 Å². The lowest BCUT2D eigenvalue weighted by Crippen LogP contribution is -2.32. The molecule has 0 spiro atoms. The van der Waals surface area contributed by atoms with Crippen LogP contribution in [-0.4, -0.2) is 63.8 Å². The van der Waals surface area contributed by atoms with Crippen LogP contribution in [0.2, 0.25) is 0 Å². The number of rotatable bonds is 5. The van der Waals surface area contributed by atoms with E-state index in [2.05, 4.69) is 19.9 Å². The van der Waals surface area contributed by atoms with Gasteiger partial charge in [-0.25, -0.2) is 4.98 Å². The summed E-state index contributed by atoms with van der Waals surface area (Å²) in [6, 6.07) is 0. The van der Waals surface area contributed by atoms with Gasteiger partial charge in [-0.1, -0.05) is 0 Å². The minimum atomic E-state index is 0.791. The lowest BCUT2D eigenvalue weighted by Gasteiger charge is -2.21. The molecule has 0 saturated carbocycles. The Balaban J connectivity index is 1.80. The zero-order valence-electron chi connectivity index (χ0n) is 11.3. The highest BCUT2D eigenvalue weighted by molar-refractivity contribution is 4.84. The van der Waals surface area contributed by atoms with Gasteiger partial charge >= 0.3 is 0 Å². The van der Waals surface area contributed by atoms with Crippen molar-refractivity contribution in [1.82, 2.24) is 24.6 Å². The Morgan fingerprint density at radius 2 is 2.00 bits per heavy atom. The van der Waals surface area contributed by atoms with Crippen LogP contribution in [0.1, 0.15) is 18.7 Å². The lowest BCUT2D eigenvalue weighted by molar-refractivity contribution is 0.245. The monoisotopic (exact) mass is 252 g/mol. The van der Waals surface area contributed by atoms with E-state index in [1.807, 2.05) is 11.7 Å². The molecule has 18 heavy (non-hydrogen) atoms. The Labute approximate surface area is 109 Å². The first-order chi connectivity index (χ1) is 8.79. The van der Waals surface area contributed by atoms with Crippen LogP contribution >= 0.6 is 0 Å². The van der Waals surface area contributed by atoms with Crippen molar-refractivity contribution in [2.75, 3.05) is 39.3 Å². The molecule has 0 aromatic carbocycles.